The average molecular weight is 336 g/mol. The van der Waals surface area contributed by atoms with Gasteiger partial charge in [0.15, 0.2) is 0 Å². The number of carbonyl (C=O) groups is 3. The van der Waals surface area contributed by atoms with Crippen LogP contribution in [0.5, 0.6) is 0 Å². The Balaban J connectivity index is 2.97. The molecule has 1 rings (SSSR count). The van der Waals surface area contributed by atoms with Gasteiger partial charge >= 0.3 is 11.9 Å². The number of hydrogen-bond donors (Lipinski definition) is 3. The minimum atomic E-state index is -1.27. The van der Waals surface area contributed by atoms with Gasteiger partial charge in [-0.2, -0.15) is 0 Å². The summed E-state index contributed by atoms with van der Waals surface area (Å²) in [6, 6.07) is 6.84. The van der Waals surface area contributed by atoms with Crippen molar-refractivity contribution >= 4 is 17.8 Å². The average Bonchev–Trinajstić information content (AvgIpc) is 2.50. The maximum absolute atomic E-state index is 12.6. The Morgan fingerprint density at radius 2 is 1.71 bits per heavy atom. The molecule has 132 valence electrons. The number of benzene rings is 1. The third-order valence-electron chi connectivity index (χ3n) is 3.56. The lowest BCUT2D eigenvalue weighted by molar-refractivity contribution is -0.155. The molecule has 1 aromatic rings. The molecule has 7 nitrogen and oxygen atoms in total. The molecule has 2 unspecified atom stereocenters. The number of carboxylic acids is 2. The predicted molar refractivity (Wildman–Crippen MR) is 88.3 cm³/mol. The first kappa shape index (κ1) is 19.6. The Kier molecular flexibility index (Phi) is 7.38. The Bertz CT molecular complexity index is 574. The standard InChI is InChI=1S/C17H24N2O5/c1-11(2)8-14(17(23)24)19(10-15(20)21)16(22)13(18)9-12-6-4-3-5-7-12/h3-7,11,13-14H,8-10,18H2,1-2H3,(H,20,21)(H,23,24). The van der Waals surface area contributed by atoms with Gasteiger partial charge in [0.2, 0.25) is 5.91 Å². The minimum Gasteiger partial charge on any atom is -0.480 e. The zero-order valence-corrected chi connectivity index (χ0v) is 13.9. The lowest BCUT2D eigenvalue weighted by Gasteiger charge is -2.30. The number of carbonyl (C=O) groups excluding carboxylic acids is 1. The summed E-state index contributed by atoms with van der Waals surface area (Å²) in [5, 5.41) is 18.4. The van der Waals surface area contributed by atoms with Crippen LogP contribution in [0.4, 0.5) is 0 Å². The molecule has 24 heavy (non-hydrogen) atoms. The van der Waals surface area contributed by atoms with Gasteiger partial charge in [-0.25, -0.2) is 4.79 Å². The highest BCUT2D eigenvalue weighted by atomic mass is 16.4. The van der Waals surface area contributed by atoms with E-state index < -0.39 is 36.5 Å². The Morgan fingerprint density at radius 3 is 2.17 bits per heavy atom. The third kappa shape index (κ3) is 6.00. The molecule has 0 heterocycles. The Hall–Kier alpha value is -2.41. The molecule has 0 spiro atoms. The molecular formula is C17H24N2O5. The molecule has 7 heteroatoms. The summed E-state index contributed by atoms with van der Waals surface area (Å²) in [6.45, 7) is 2.93. The molecule has 2 atom stereocenters. The number of nitrogens with two attached hydrogens (primary N) is 1. The second kappa shape index (κ2) is 9.02. The summed E-state index contributed by atoms with van der Waals surface area (Å²) in [4.78, 5) is 36.0. The van der Waals surface area contributed by atoms with Crippen LogP contribution in [0.2, 0.25) is 0 Å². The third-order valence-corrected chi connectivity index (χ3v) is 3.56. The lowest BCUT2D eigenvalue weighted by Crippen LogP contribution is -2.54. The van der Waals surface area contributed by atoms with E-state index in [1.54, 1.807) is 24.3 Å². The second-order valence-corrected chi connectivity index (χ2v) is 6.14. The van der Waals surface area contributed by atoms with E-state index in [2.05, 4.69) is 0 Å². The highest BCUT2D eigenvalue weighted by Crippen LogP contribution is 2.14. The molecule has 0 fully saturated rings. The Labute approximate surface area is 141 Å². The number of hydrogen-bond acceptors (Lipinski definition) is 4. The van der Waals surface area contributed by atoms with E-state index >= 15 is 0 Å². The van der Waals surface area contributed by atoms with Crippen LogP contribution in [-0.2, 0) is 20.8 Å². The summed E-state index contributed by atoms with van der Waals surface area (Å²) in [5.74, 6) is -3.19. The van der Waals surface area contributed by atoms with Crippen molar-refractivity contribution < 1.29 is 24.6 Å². The molecule has 0 bridgehead atoms. The molecular weight excluding hydrogens is 312 g/mol. The number of aliphatic carboxylic acids is 2. The van der Waals surface area contributed by atoms with Gasteiger partial charge in [0.25, 0.3) is 0 Å². The summed E-state index contributed by atoms with van der Waals surface area (Å²) in [6.07, 6.45) is 0.371. The van der Waals surface area contributed by atoms with Crippen molar-refractivity contribution in [2.75, 3.05) is 6.54 Å². The van der Waals surface area contributed by atoms with E-state index in [1.807, 2.05) is 19.9 Å². The first-order valence-corrected chi connectivity index (χ1v) is 7.77. The number of rotatable bonds is 9. The minimum absolute atomic E-state index is 0.0134. The van der Waals surface area contributed by atoms with Crippen molar-refractivity contribution in [1.82, 2.24) is 4.90 Å². The molecule has 0 aromatic heterocycles. The molecule has 0 radical (unpaired) electrons. The van der Waals surface area contributed by atoms with Crippen LogP contribution in [0, 0.1) is 5.92 Å². The maximum Gasteiger partial charge on any atom is 0.326 e. The number of amides is 1. The molecule has 0 aliphatic rings. The van der Waals surface area contributed by atoms with Gasteiger partial charge in [-0.15, -0.1) is 0 Å². The molecule has 0 saturated carbocycles. The van der Waals surface area contributed by atoms with Gasteiger partial charge < -0.3 is 20.8 Å². The quantitative estimate of drug-likeness (QED) is 0.618. The van der Waals surface area contributed by atoms with Crippen molar-refractivity contribution in [3.63, 3.8) is 0 Å². The van der Waals surface area contributed by atoms with Crippen LogP contribution in [-0.4, -0.2) is 51.6 Å². The lowest BCUT2D eigenvalue weighted by atomic mass is 10.00. The summed E-state index contributed by atoms with van der Waals surface area (Å²) < 4.78 is 0. The highest BCUT2D eigenvalue weighted by molar-refractivity contribution is 5.89. The van der Waals surface area contributed by atoms with Gasteiger partial charge in [0.05, 0.1) is 6.04 Å². The van der Waals surface area contributed by atoms with Crippen molar-refractivity contribution in [1.29, 1.82) is 0 Å². The van der Waals surface area contributed by atoms with Crippen LogP contribution in [0.25, 0.3) is 0 Å². The van der Waals surface area contributed by atoms with Crippen LogP contribution in [0.15, 0.2) is 30.3 Å². The van der Waals surface area contributed by atoms with Crippen LogP contribution < -0.4 is 5.73 Å². The van der Waals surface area contributed by atoms with Gasteiger partial charge in [-0.05, 0) is 24.3 Å². The van der Waals surface area contributed by atoms with Crippen molar-refractivity contribution in [2.24, 2.45) is 11.7 Å². The van der Waals surface area contributed by atoms with Gasteiger partial charge in [0.1, 0.15) is 12.6 Å². The zero-order chi connectivity index (χ0) is 18.3. The molecule has 0 aliphatic heterocycles. The summed E-state index contributed by atoms with van der Waals surface area (Å²) in [5.41, 5.74) is 6.74. The monoisotopic (exact) mass is 336 g/mol. The van der Waals surface area contributed by atoms with Crippen molar-refractivity contribution in [3.8, 4) is 0 Å². The zero-order valence-electron chi connectivity index (χ0n) is 13.9. The van der Waals surface area contributed by atoms with Crippen LogP contribution >= 0.6 is 0 Å². The predicted octanol–water partition coefficient (Wildman–Crippen LogP) is 0.969. The van der Waals surface area contributed by atoms with E-state index in [-0.39, 0.29) is 18.8 Å². The molecule has 4 N–H and O–H groups in total. The van der Waals surface area contributed by atoms with E-state index in [0.29, 0.717) is 0 Å². The molecule has 0 aliphatic carbocycles. The van der Waals surface area contributed by atoms with Gasteiger partial charge in [0, 0.05) is 0 Å². The van der Waals surface area contributed by atoms with Gasteiger partial charge in [-0.3, -0.25) is 9.59 Å². The Morgan fingerprint density at radius 1 is 1.12 bits per heavy atom. The number of carboxylic acid groups (broad SMARTS) is 2. The first-order chi connectivity index (χ1) is 11.2. The summed E-state index contributed by atoms with van der Waals surface area (Å²) in [7, 11) is 0. The SMILES string of the molecule is CC(C)CC(C(=O)O)N(CC(=O)O)C(=O)C(N)Cc1ccccc1. The highest BCUT2D eigenvalue weighted by Gasteiger charge is 2.34. The van der Waals surface area contributed by atoms with Gasteiger partial charge in [-0.1, -0.05) is 44.2 Å². The van der Waals surface area contributed by atoms with E-state index in [4.69, 9.17) is 10.8 Å². The number of nitrogens with zero attached hydrogens (tertiary/aromatic N) is 1. The van der Waals surface area contributed by atoms with E-state index in [9.17, 15) is 19.5 Å². The topological polar surface area (TPSA) is 121 Å². The normalized spacial score (nSPS) is 13.3. The van der Waals surface area contributed by atoms with E-state index in [0.717, 1.165) is 10.5 Å². The fourth-order valence-corrected chi connectivity index (χ4v) is 2.46. The van der Waals surface area contributed by atoms with E-state index in [1.165, 1.54) is 0 Å². The largest absolute Gasteiger partial charge is 0.480 e. The fraction of sp³-hybridized carbons (Fsp3) is 0.471. The van der Waals surface area contributed by atoms with Crippen molar-refractivity contribution in [2.45, 2.75) is 38.8 Å². The maximum atomic E-state index is 12.6. The van der Waals surface area contributed by atoms with Crippen molar-refractivity contribution in [3.05, 3.63) is 35.9 Å². The smallest absolute Gasteiger partial charge is 0.326 e. The first-order valence-electron chi connectivity index (χ1n) is 7.77. The summed E-state index contributed by atoms with van der Waals surface area (Å²) >= 11 is 0. The van der Waals surface area contributed by atoms with Crippen LogP contribution in [0.1, 0.15) is 25.8 Å². The van der Waals surface area contributed by atoms with Crippen LogP contribution in [0.3, 0.4) is 0 Å². The fourth-order valence-electron chi connectivity index (χ4n) is 2.46. The molecule has 1 aromatic carbocycles. The second-order valence-electron chi connectivity index (χ2n) is 6.14. The molecule has 1 amide bonds. The molecule has 0 saturated heterocycles.